The molecule has 0 nitrogen and oxygen atoms in total. The molecule has 0 aliphatic rings. The van der Waals surface area contributed by atoms with Crippen LogP contribution < -0.4 is 16.4 Å². The Kier molecular flexibility index (Phi) is 7.53. The number of benzene rings is 3. The van der Waals surface area contributed by atoms with E-state index in [9.17, 15) is 65.9 Å². The molecule has 0 saturated heterocycles. The highest BCUT2D eigenvalue weighted by Gasteiger charge is 2.45. The first-order valence-electron chi connectivity index (χ1n) is 8.20. The highest BCUT2D eigenvalue weighted by Crippen LogP contribution is 2.23. The Balaban J connectivity index is 0.00000432. The normalized spacial score (nSPS) is 11.1. The molecule has 0 amide bonds. The average molecular weight is 523 g/mol. The minimum atomic E-state index is -3.96. The summed E-state index contributed by atoms with van der Waals surface area (Å²) in [5.74, 6) is -45.2. The molecule has 0 heterocycles. The van der Waals surface area contributed by atoms with Gasteiger partial charge in [-0.05, 0) is 0 Å². The van der Waals surface area contributed by atoms with E-state index >= 15 is 0 Å². The van der Waals surface area contributed by atoms with Gasteiger partial charge in [-0.3, -0.25) is 0 Å². The van der Waals surface area contributed by atoms with Crippen molar-refractivity contribution < 1.29 is 65.9 Å². The maximum Gasteiger partial charge on any atom is 0.265 e. The third-order valence-corrected chi connectivity index (χ3v) is 4.60. The molecule has 17 heteroatoms. The zero-order valence-electron chi connectivity index (χ0n) is 15.8. The van der Waals surface area contributed by atoms with Crippen LogP contribution in [-0.4, -0.2) is 15.1 Å². The summed E-state index contributed by atoms with van der Waals surface area (Å²) in [6.45, 7) is -3.96. The predicted molar refractivity (Wildman–Crippen MR) is 89.1 cm³/mol. The summed E-state index contributed by atoms with van der Waals surface area (Å²) in [4.78, 5) is 0. The Labute approximate surface area is 185 Å². The molecule has 0 N–H and O–H groups in total. The van der Waals surface area contributed by atoms with Crippen LogP contribution in [0.2, 0.25) is 0 Å². The SMILES string of the molecule is Fc1c(F)c(F)c(B(c2c(F)c(F)c(F)c(F)c2F)c2c(F)c(F)c(F)c(F)c2F)c(F)c1F.[B]. The fraction of sp³-hybridized carbons (Fsp3) is 0. The van der Waals surface area contributed by atoms with Gasteiger partial charge in [0, 0.05) is 24.8 Å². The van der Waals surface area contributed by atoms with Crippen LogP contribution in [0.4, 0.5) is 65.9 Å². The van der Waals surface area contributed by atoms with Crippen molar-refractivity contribution in [3.05, 3.63) is 87.3 Å². The molecule has 0 aliphatic carbocycles. The Hall–Kier alpha value is -3.26. The van der Waals surface area contributed by atoms with Gasteiger partial charge in [0.2, 0.25) is 0 Å². The van der Waals surface area contributed by atoms with Gasteiger partial charge in [0.1, 0.15) is 0 Å². The molecule has 35 heavy (non-hydrogen) atoms. The van der Waals surface area contributed by atoms with E-state index in [2.05, 4.69) is 0 Å². The van der Waals surface area contributed by atoms with Crippen molar-refractivity contribution in [1.82, 2.24) is 0 Å². The van der Waals surface area contributed by atoms with Gasteiger partial charge >= 0.3 is 0 Å². The van der Waals surface area contributed by atoms with E-state index in [0.717, 1.165) is 0 Å². The van der Waals surface area contributed by atoms with Crippen molar-refractivity contribution in [2.24, 2.45) is 0 Å². The largest absolute Gasteiger partial charge is 0.265 e. The molecule has 0 aliphatic heterocycles. The second kappa shape index (κ2) is 9.41. The molecule has 0 unspecified atom stereocenters. The molecule has 3 aromatic rings. The van der Waals surface area contributed by atoms with Crippen LogP contribution in [-0.2, 0) is 0 Å². The summed E-state index contributed by atoms with van der Waals surface area (Å²) >= 11 is 0. The van der Waals surface area contributed by atoms with Crippen LogP contribution in [0, 0.1) is 87.3 Å². The fourth-order valence-electron chi connectivity index (χ4n) is 3.06. The van der Waals surface area contributed by atoms with Crippen LogP contribution in [0.3, 0.4) is 0 Å². The van der Waals surface area contributed by atoms with Crippen LogP contribution in [0.15, 0.2) is 0 Å². The molecule has 0 spiro atoms. The van der Waals surface area contributed by atoms with Gasteiger partial charge in [-0.15, -0.1) is 0 Å². The van der Waals surface area contributed by atoms with Crippen molar-refractivity contribution in [3.8, 4) is 0 Å². The third-order valence-electron chi connectivity index (χ3n) is 4.60. The molecule has 0 aromatic heterocycles. The number of hydrogen-bond acceptors (Lipinski definition) is 0. The second-order valence-corrected chi connectivity index (χ2v) is 6.38. The van der Waals surface area contributed by atoms with E-state index in [1.54, 1.807) is 0 Å². The zero-order valence-corrected chi connectivity index (χ0v) is 15.8. The van der Waals surface area contributed by atoms with E-state index in [0.29, 0.717) is 0 Å². The molecular weight excluding hydrogens is 523 g/mol. The summed E-state index contributed by atoms with van der Waals surface area (Å²) in [6.07, 6.45) is 0. The van der Waals surface area contributed by atoms with Crippen molar-refractivity contribution >= 4 is 31.5 Å². The van der Waals surface area contributed by atoms with E-state index in [-0.39, 0.29) is 8.41 Å². The van der Waals surface area contributed by atoms with Gasteiger partial charge in [0.05, 0.1) is 0 Å². The molecule has 3 radical (unpaired) electrons. The van der Waals surface area contributed by atoms with Crippen LogP contribution in [0.5, 0.6) is 0 Å². The molecule has 3 aromatic carbocycles. The Morgan fingerprint density at radius 2 is 0.343 bits per heavy atom. The minimum Gasteiger partial charge on any atom is -0.204 e. The monoisotopic (exact) mass is 523 g/mol. The number of rotatable bonds is 3. The lowest BCUT2D eigenvalue weighted by molar-refractivity contribution is 0.380. The zero-order chi connectivity index (χ0) is 26.0. The van der Waals surface area contributed by atoms with Crippen molar-refractivity contribution in [2.75, 3.05) is 0 Å². The lowest BCUT2D eigenvalue weighted by Crippen LogP contribution is -2.60. The van der Waals surface area contributed by atoms with Gasteiger partial charge in [0.25, 0.3) is 6.71 Å². The lowest BCUT2D eigenvalue weighted by atomic mass is 9.36. The highest BCUT2D eigenvalue weighted by molar-refractivity contribution is 6.95. The van der Waals surface area contributed by atoms with Crippen LogP contribution >= 0.6 is 0 Å². The number of halogens is 15. The first kappa shape index (κ1) is 28.0. The summed E-state index contributed by atoms with van der Waals surface area (Å²) in [5.41, 5.74) is -8.03. The maximum absolute atomic E-state index is 14.4. The Bertz CT molecular complexity index is 1120. The summed E-state index contributed by atoms with van der Waals surface area (Å²) in [7, 11) is 0. The fourth-order valence-corrected chi connectivity index (χ4v) is 3.06. The number of hydrogen-bond donors (Lipinski definition) is 0. The van der Waals surface area contributed by atoms with Gasteiger partial charge in [-0.1, -0.05) is 0 Å². The molecule has 183 valence electrons. The summed E-state index contributed by atoms with van der Waals surface area (Å²) in [6, 6.07) is 0. The predicted octanol–water partition coefficient (Wildman–Crippen LogP) is 3.91. The van der Waals surface area contributed by atoms with Crippen molar-refractivity contribution in [3.63, 3.8) is 0 Å². The average Bonchev–Trinajstić information content (AvgIpc) is 2.81. The van der Waals surface area contributed by atoms with Gasteiger partial charge < -0.3 is 0 Å². The minimum absolute atomic E-state index is 0. The Morgan fingerprint density at radius 3 is 0.486 bits per heavy atom. The van der Waals surface area contributed by atoms with E-state index in [1.807, 2.05) is 0 Å². The summed E-state index contributed by atoms with van der Waals surface area (Å²) < 4.78 is 209. The van der Waals surface area contributed by atoms with Crippen LogP contribution in [0.25, 0.3) is 0 Å². The van der Waals surface area contributed by atoms with Crippen molar-refractivity contribution in [2.45, 2.75) is 0 Å². The molecule has 0 fully saturated rings. The van der Waals surface area contributed by atoms with Crippen LogP contribution in [0.1, 0.15) is 0 Å². The standard InChI is InChI=1S/C18BF15.B/c20-4-1(5(21)11(27)16(32)10(4)26)19(2-6(22)12(28)17(33)13(29)7(2)23)3-8(24)14(30)18(34)15(31)9(3)25;. The Morgan fingerprint density at radius 1 is 0.229 bits per heavy atom. The second-order valence-electron chi connectivity index (χ2n) is 6.38. The van der Waals surface area contributed by atoms with E-state index in [4.69, 9.17) is 0 Å². The third kappa shape index (κ3) is 3.89. The lowest BCUT2D eigenvalue weighted by Gasteiger charge is -2.21. The summed E-state index contributed by atoms with van der Waals surface area (Å²) in [5, 5.41) is 0. The molecule has 3 rings (SSSR count). The van der Waals surface area contributed by atoms with Crippen molar-refractivity contribution in [1.29, 1.82) is 0 Å². The highest BCUT2D eigenvalue weighted by atomic mass is 19.2. The first-order valence-corrected chi connectivity index (χ1v) is 8.20. The van der Waals surface area contributed by atoms with Gasteiger partial charge in [-0.2, -0.15) is 0 Å². The van der Waals surface area contributed by atoms with Gasteiger partial charge in [0.15, 0.2) is 87.3 Å². The molecular formula is C18B2F15. The van der Waals surface area contributed by atoms with E-state index < -0.39 is 110 Å². The van der Waals surface area contributed by atoms with Gasteiger partial charge in [-0.25, -0.2) is 65.9 Å². The molecule has 0 bridgehead atoms. The van der Waals surface area contributed by atoms with E-state index in [1.165, 1.54) is 0 Å². The first-order chi connectivity index (χ1) is 15.7. The molecule has 0 saturated carbocycles. The topological polar surface area (TPSA) is 0 Å². The molecule has 0 atom stereocenters. The maximum atomic E-state index is 14.4. The quantitative estimate of drug-likeness (QED) is 0.212. The smallest absolute Gasteiger partial charge is 0.204 e.